The molecule has 0 aliphatic carbocycles. The van der Waals surface area contributed by atoms with Crippen LogP contribution in [0.5, 0.6) is 0 Å². The monoisotopic (exact) mass is 323 g/mol. The van der Waals surface area contributed by atoms with Gasteiger partial charge in [0.05, 0.1) is 11.7 Å². The van der Waals surface area contributed by atoms with Crippen LogP contribution in [0.15, 0.2) is 27.5 Å². The fourth-order valence-corrected chi connectivity index (χ4v) is 2.37. The molecule has 1 N–H and O–H groups in total. The van der Waals surface area contributed by atoms with Gasteiger partial charge in [-0.2, -0.15) is 0 Å². The molecule has 0 saturated carbocycles. The van der Waals surface area contributed by atoms with Crippen LogP contribution in [0.1, 0.15) is 40.3 Å². The lowest BCUT2D eigenvalue weighted by molar-refractivity contribution is 0.0939. The van der Waals surface area contributed by atoms with Crippen molar-refractivity contribution in [3.05, 3.63) is 45.5 Å². The zero-order chi connectivity index (χ0) is 14.0. The number of aryl methyl sites for hydroxylation is 2. The highest BCUT2D eigenvalue weighted by Crippen LogP contribution is 2.21. The highest BCUT2D eigenvalue weighted by atomic mass is 79.9. The first-order chi connectivity index (χ1) is 8.99. The number of amides is 1. The number of hydrogen-bond donors (Lipinski definition) is 1. The van der Waals surface area contributed by atoms with Gasteiger partial charge in [-0.3, -0.25) is 4.79 Å². The molecule has 0 fully saturated rings. The van der Waals surface area contributed by atoms with E-state index in [1.54, 1.807) is 18.3 Å². The van der Waals surface area contributed by atoms with Crippen LogP contribution in [-0.4, -0.2) is 16.0 Å². The van der Waals surface area contributed by atoms with Crippen molar-refractivity contribution < 1.29 is 9.32 Å². The summed E-state index contributed by atoms with van der Waals surface area (Å²) in [7, 11) is 0. The SMILES string of the molecule is Cc1noc(C)c1C(C)NC(=O)c1ccnc(Br)c1. The number of halogens is 1. The lowest BCUT2D eigenvalue weighted by Gasteiger charge is -2.13. The predicted molar refractivity (Wildman–Crippen MR) is 73.8 cm³/mol. The highest BCUT2D eigenvalue weighted by Gasteiger charge is 2.18. The fraction of sp³-hybridized carbons (Fsp3) is 0.308. The van der Waals surface area contributed by atoms with Gasteiger partial charge in [0, 0.05) is 17.3 Å². The molecule has 6 heteroatoms. The van der Waals surface area contributed by atoms with Gasteiger partial charge in [0.25, 0.3) is 5.91 Å². The van der Waals surface area contributed by atoms with E-state index in [4.69, 9.17) is 4.52 Å². The predicted octanol–water partition coefficient (Wildman–Crippen LogP) is 2.94. The maximum atomic E-state index is 12.1. The zero-order valence-electron chi connectivity index (χ0n) is 10.9. The normalized spacial score (nSPS) is 12.2. The molecule has 2 aromatic rings. The van der Waals surface area contributed by atoms with Crippen LogP contribution in [0, 0.1) is 13.8 Å². The minimum atomic E-state index is -0.161. The molecule has 2 aromatic heterocycles. The van der Waals surface area contributed by atoms with Gasteiger partial charge in [0.15, 0.2) is 0 Å². The van der Waals surface area contributed by atoms with Crippen molar-refractivity contribution in [2.24, 2.45) is 0 Å². The van der Waals surface area contributed by atoms with Crippen LogP contribution >= 0.6 is 15.9 Å². The van der Waals surface area contributed by atoms with Crippen LogP contribution < -0.4 is 5.32 Å². The van der Waals surface area contributed by atoms with Crippen LogP contribution in [0.3, 0.4) is 0 Å². The highest BCUT2D eigenvalue weighted by molar-refractivity contribution is 9.10. The van der Waals surface area contributed by atoms with E-state index in [1.807, 2.05) is 20.8 Å². The van der Waals surface area contributed by atoms with Gasteiger partial charge in [-0.25, -0.2) is 4.98 Å². The maximum absolute atomic E-state index is 12.1. The van der Waals surface area contributed by atoms with E-state index < -0.39 is 0 Å². The van der Waals surface area contributed by atoms with Crippen molar-refractivity contribution in [2.75, 3.05) is 0 Å². The molecule has 1 atom stereocenters. The largest absolute Gasteiger partial charge is 0.361 e. The topological polar surface area (TPSA) is 68.0 Å². The van der Waals surface area contributed by atoms with Gasteiger partial charge in [-0.05, 0) is 48.8 Å². The van der Waals surface area contributed by atoms with Gasteiger partial charge in [-0.15, -0.1) is 0 Å². The summed E-state index contributed by atoms with van der Waals surface area (Å²) in [5.74, 6) is 0.566. The van der Waals surface area contributed by atoms with Crippen LogP contribution in [0.25, 0.3) is 0 Å². The van der Waals surface area contributed by atoms with Crippen LogP contribution in [-0.2, 0) is 0 Å². The Balaban J connectivity index is 2.15. The average molecular weight is 324 g/mol. The van der Waals surface area contributed by atoms with Gasteiger partial charge in [0.2, 0.25) is 0 Å². The summed E-state index contributed by atoms with van der Waals surface area (Å²) < 4.78 is 5.73. The Labute approximate surface area is 119 Å². The molecule has 2 rings (SSSR count). The van der Waals surface area contributed by atoms with E-state index in [-0.39, 0.29) is 11.9 Å². The molecule has 100 valence electrons. The van der Waals surface area contributed by atoms with Gasteiger partial charge < -0.3 is 9.84 Å². The first-order valence-corrected chi connectivity index (χ1v) is 6.63. The lowest BCUT2D eigenvalue weighted by Crippen LogP contribution is -2.27. The number of hydrogen-bond acceptors (Lipinski definition) is 4. The molecular weight excluding hydrogens is 310 g/mol. The summed E-state index contributed by atoms with van der Waals surface area (Å²) in [6.45, 7) is 5.60. The van der Waals surface area contributed by atoms with Crippen LogP contribution in [0.2, 0.25) is 0 Å². The Hall–Kier alpha value is -1.69. The third kappa shape index (κ3) is 3.01. The summed E-state index contributed by atoms with van der Waals surface area (Å²) in [6, 6.07) is 3.18. The fourth-order valence-electron chi connectivity index (χ4n) is 2.00. The molecule has 0 bridgehead atoms. The van der Waals surface area contributed by atoms with E-state index in [0.29, 0.717) is 10.2 Å². The van der Waals surface area contributed by atoms with E-state index in [9.17, 15) is 4.79 Å². The second-order valence-corrected chi connectivity index (χ2v) is 5.11. The molecule has 1 unspecified atom stereocenters. The van der Waals surface area contributed by atoms with Crippen molar-refractivity contribution in [1.29, 1.82) is 0 Å². The Morgan fingerprint density at radius 3 is 2.79 bits per heavy atom. The Morgan fingerprint density at radius 1 is 1.47 bits per heavy atom. The third-order valence-corrected chi connectivity index (χ3v) is 3.29. The van der Waals surface area contributed by atoms with E-state index in [1.165, 1.54) is 0 Å². The minimum absolute atomic E-state index is 0.157. The molecule has 0 aliphatic rings. The number of nitrogens with one attached hydrogen (secondary N) is 1. The smallest absolute Gasteiger partial charge is 0.251 e. The molecule has 0 aliphatic heterocycles. The van der Waals surface area contributed by atoms with E-state index >= 15 is 0 Å². The lowest BCUT2D eigenvalue weighted by atomic mass is 10.1. The molecule has 1 amide bonds. The Kier molecular flexibility index (Phi) is 3.99. The molecule has 2 heterocycles. The van der Waals surface area contributed by atoms with Crippen molar-refractivity contribution in [3.8, 4) is 0 Å². The second kappa shape index (κ2) is 5.52. The minimum Gasteiger partial charge on any atom is -0.361 e. The van der Waals surface area contributed by atoms with Gasteiger partial charge in [0.1, 0.15) is 10.4 Å². The number of carbonyl (C=O) groups is 1. The summed E-state index contributed by atoms with van der Waals surface area (Å²) in [5.41, 5.74) is 2.27. The number of nitrogens with zero attached hydrogens (tertiary/aromatic N) is 2. The Bertz CT molecular complexity index is 590. The Morgan fingerprint density at radius 2 is 2.21 bits per heavy atom. The van der Waals surface area contributed by atoms with Crippen molar-refractivity contribution in [2.45, 2.75) is 26.8 Å². The van der Waals surface area contributed by atoms with Gasteiger partial charge >= 0.3 is 0 Å². The maximum Gasteiger partial charge on any atom is 0.251 e. The average Bonchev–Trinajstić information content (AvgIpc) is 2.69. The first-order valence-electron chi connectivity index (χ1n) is 5.84. The van der Waals surface area contributed by atoms with Crippen molar-refractivity contribution >= 4 is 21.8 Å². The molecule has 0 spiro atoms. The number of aromatic nitrogens is 2. The zero-order valence-corrected chi connectivity index (χ0v) is 12.5. The standard InChI is InChI=1S/C13H14BrN3O2/c1-7(12-8(2)17-19-9(12)3)16-13(18)10-4-5-15-11(14)6-10/h4-7H,1-3H3,(H,16,18). The molecule has 0 radical (unpaired) electrons. The molecule has 19 heavy (non-hydrogen) atoms. The van der Waals surface area contributed by atoms with Crippen LogP contribution in [0.4, 0.5) is 0 Å². The second-order valence-electron chi connectivity index (χ2n) is 4.30. The number of carbonyl (C=O) groups excluding carboxylic acids is 1. The summed E-state index contributed by atoms with van der Waals surface area (Å²) >= 11 is 3.24. The molecule has 0 saturated heterocycles. The number of rotatable bonds is 3. The molecule has 5 nitrogen and oxygen atoms in total. The quantitative estimate of drug-likeness (QED) is 0.882. The van der Waals surface area contributed by atoms with E-state index in [0.717, 1.165) is 17.0 Å². The summed E-state index contributed by atoms with van der Waals surface area (Å²) in [4.78, 5) is 16.1. The van der Waals surface area contributed by atoms with Crippen molar-refractivity contribution in [3.63, 3.8) is 0 Å². The summed E-state index contributed by atoms with van der Waals surface area (Å²) in [5, 5.41) is 6.81. The van der Waals surface area contributed by atoms with Gasteiger partial charge in [-0.1, -0.05) is 5.16 Å². The third-order valence-electron chi connectivity index (χ3n) is 2.86. The molecular formula is C13H14BrN3O2. The van der Waals surface area contributed by atoms with E-state index in [2.05, 4.69) is 31.4 Å². The van der Waals surface area contributed by atoms with Crippen molar-refractivity contribution in [1.82, 2.24) is 15.5 Å². The number of pyridine rings is 1. The summed E-state index contributed by atoms with van der Waals surface area (Å²) in [6.07, 6.45) is 1.58. The molecule has 0 aromatic carbocycles. The first kappa shape index (κ1) is 13.7.